The van der Waals surface area contributed by atoms with Crippen LogP contribution in [-0.4, -0.2) is 42.9 Å². The van der Waals surface area contributed by atoms with Crippen molar-refractivity contribution in [3.63, 3.8) is 0 Å². The number of aromatic nitrogens is 2. The Morgan fingerprint density at radius 2 is 1.73 bits per heavy atom. The van der Waals surface area contributed by atoms with Gasteiger partial charge >= 0.3 is 0 Å². The highest BCUT2D eigenvalue weighted by Gasteiger charge is 2.09. The maximum Gasteiger partial charge on any atom is 0.290 e. The second kappa shape index (κ2) is 10.0. The summed E-state index contributed by atoms with van der Waals surface area (Å²) in [7, 11) is 3.13. The van der Waals surface area contributed by atoms with Gasteiger partial charge in [-0.15, -0.1) is 0 Å². The molecule has 3 aromatic rings. The Hall–Kier alpha value is -3.94. The van der Waals surface area contributed by atoms with Crippen molar-refractivity contribution < 1.29 is 19.0 Å². The Morgan fingerprint density at radius 1 is 1.03 bits per heavy atom. The van der Waals surface area contributed by atoms with Crippen LogP contribution in [-0.2, 0) is 0 Å². The fourth-order valence-electron chi connectivity index (χ4n) is 2.62. The predicted molar refractivity (Wildman–Crippen MR) is 113 cm³/mol. The molecule has 1 N–H and O–H groups in total. The summed E-state index contributed by atoms with van der Waals surface area (Å²) in [5.41, 5.74) is 4.16. The van der Waals surface area contributed by atoms with Gasteiger partial charge in [-0.1, -0.05) is 0 Å². The first kappa shape index (κ1) is 20.8. The minimum atomic E-state index is -0.448. The fraction of sp³-hybridized carbons (Fsp3) is 0.182. The Bertz CT molecular complexity index is 1010. The molecule has 0 saturated heterocycles. The van der Waals surface area contributed by atoms with Crippen LogP contribution in [0.4, 0.5) is 0 Å². The highest BCUT2D eigenvalue weighted by molar-refractivity contribution is 5.93. The molecule has 0 radical (unpaired) electrons. The third-order valence-corrected chi connectivity index (χ3v) is 4.07. The summed E-state index contributed by atoms with van der Waals surface area (Å²) in [6, 6.07) is 14.2. The molecular weight excluding hydrogens is 384 g/mol. The lowest BCUT2D eigenvalue weighted by atomic mass is 10.2. The second-order valence-corrected chi connectivity index (χ2v) is 6.07. The summed E-state index contributed by atoms with van der Waals surface area (Å²) in [4.78, 5) is 21.0. The number of hydrogen-bond acceptors (Lipinski definition) is 7. The molecule has 30 heavy (non-hydrogen) atoms. The molecule has 1 aromatic heterocycles. The van der Waals surface area contributed by atoms with Crippen LogP contribution in [0.5, 0.6) is 17.2 Å². The summed E-state index contributed by atoms with van der Waals surface area (Å²) in [6.45, 7) is 2.51. The van der Waals surface area contributed by atoms with E-state index in [-0.39, 0.29) is 5.69 Å². The normalized spacial score (nSPS) is 10.6. The monoisotopic (exact) mass is 406 g/mol. The van der Waals surface area contributed by atoms with Gasteiger partial charge < -0.3 is 14.2 Å². The van der Waals surface area contributed by atoms with Crippen LogP contribution in [0.3, 0.4) is 0 Å². The van der Waals surface area contributed by atoms with E-state index in [0.29, 0.717) is 29.5 Å². The van der Waals surface area contributed by atoms with Crippen LogP contribution in [0.15, 0.2) is 59.8 Å². The number of carbonyl (C=O) groups excluding carboxylic acids is 1. The number of hydrazone groups is 1. The van der Waals surface area contributed by atoms with Crippen molar-refractivity contribution >= 4 is 12.1 Å². The average Bonchev–Trinajstić information content (AvgIpc) is 2.79. The zero-order valence-corrected chi connectivity index (χ0v) is 17.0. The Balaban J connectivity index is 1.70. The van der Waals surface area contributed by atoms with Crippen LogP contribution < -0.4 is 19.6 Å². The molecule has 0 spiro atoms. The van der Waals surface area contributed by atoms with E-state index in [1.807, 2.05) is 31.2 Å². The first-order valence-corrected chi connectivity index (χ1v) is 9.25. The fourth-order valence-corrected chi connectivity index (χ4v) is 2.62. The third kappa shape index (κ3) is 5.32. The van der Waals surface area contributed by atoms with Gasteiger partial charge in [0.15, 0.2) is 5.82 Å². The number of nitrogens with zero attached hydrogens (tertiary/aromatic N) is 3. The first-order chi connectivity index (χ1) is 14.6. The minimum absolute atomic E-state index is 0.203. The number of amides is 1. The molecule has 3 rings (SSSR count). The van der Waals surface area contributed by atoms with Crippen molar-refractivity contribution in [2.24, 2.45) is 5.10 Å². The number of hydrogen-bond donors (Lipinski definition) is 1. The van der Waals surface area contributed by atoms with Crippen molar-refractivity contribution in [1.29, 1.82) is 0 Å². The lowest BCUT2D eigenvalue weighted by molar-refractivity contribution is 0.0950. The quantitative estimate of drug-likeness (QED) is 0.455. The molecule has 154 valence electrons. The van der Waals surface area contributed by atoms with Crippen molar-refractivity contribution in [3.8, 4) is 28.6 Å². The third-order valence-electron chi connectivity index (χ3n) is 4.07. The Kier molecular flexibility index (Phi) is 6.94. The average molecular weight is 406 g/mol. The van der Waals surface area contributed by atoms with Gasteiger partial charge in [-0.3, -0.25) is 4.79 Å². The topological polar surface area (TPSA) is 94.9 Å². The lowest BCUT2D eigenvalue weighted by Crippen LogP contribution is -2.19. The molecular formula is C22H22N4O4. The van der Waals surface area contributed by atoms with E-state index < -0.39 is 5.91 Å². The molecule has 2 aromatic carbocycles. The zero-order chi connectivity index (χ0) is 21.3. The van der Waals surface area contributed by atoms with Gasteiger partial charge in [0.1, 0.15) is 22.9 Å². The summed E-state index contributed by atoms with van der Waals surface area (Å²) in [5.74, 6) is 2.00. The van der Waals surface area contributed by atoms with Crippen molar-refractivity contribution in [2.75, 3.05) is 20.8 Å². The van der Waals surface area contributed by atoms with Crippen molar-refractivity contribution in [1.82, 2.24) is 15.4 Å². The van der Waals surface area contributed by atoms with Crippen LogP contribution in [0.25, 0.3) is 11.4 Å². The summed E-state index contributed by atoms with van der Waals surface area (Å²) in [5, 5.41) is 3.99. The Morgan fingerprint density at radius 3 is 2.37 bits per heavy atom. The SMILES string of the molecule is CCOc1ccc(-c2nccc(C(=O)NN=Cc3cc(OC)cc(OC)c3)n2)cc1. The lowest BCUT2D eigenvalue weighted by Gasteiger charge is -2.06. The number of nitrogens with one attached hydrogen (secondary N) is 1. The largest absolute Gasteiger partial charge is 0.497 e. The number of ether oxygens (including phenoxy) is 3. The molecule has 0 atom stereocenters. The molecule has 1 amide bonds. The summed E-state index contributed by atoms with van der Waals surface area (Å²) < 4.78 is 15.9. The summed E-state index contributed by atoms with van der Waals surface area (Å²) >= 11 is 0. The molecule has 0 aliphatic heterocycles. The molecule has 0 aliphatic rings. The molecule has 1 heterocycles. The predicted octanol–water partition coefficient (Wildman–Crippen LogP) is 3.32. The first-order valence-electron chi connectivity index (χ1n) is 9.25. The van der Waals surface area contributed by atoms with Crippen LogP contribution in [0, 0.1) is 0 Å². The van der Waals surface area contributed by atoms with Gasteiger partial charge in [-0.05, 0) is 49.4 Å². The van der Waals surface area contributed by atoms with Gasteiger partial charge in [0, 0.05) is 23.4 Å². The zero-order valence-electron chi connectivity index (χ0n) is 17.0. The molecule has 8 heteroatoms. The van der Waals surface area contributed by atoms with Gasteiger partial charge in [0.25, 0.3) is 5.91 Å². The van der Waals surface area contributed by atoms with E-state index in [2.05, 4.69) is 20.5 Å². The Labute approximate surface area is 174 Å². The molecule has 0 bridgehead atoms. The van der Waals surface area contributed by atoms with E-state index in [1.165, 1.54) is 18.5 Å². The molecule has 0 aliphatic carbocycles. The van der Waals surface area contributed by atoms with E-state index in [0.717, 1.165) is 11.3 Å². The molecule has 0 fully saturated rings. The minimum Gasteiger partial charge on any atom is -0.497 e. The number of rotatable bonds is 8. The smallest absolute Gasteiger partial charge is 0.290 e. The molecule has 8 nitrogen and oxygen atoms in total. The van der Waals surface area contributed by atoms with Crippen molar-refractivity contribution in [2.45, 2.75) is 6.92 Å². The van der Waals surface area contributed by atoms with Gasteiger partial charge in [0.05, 0.1) is 27.0 Å². The van der Waals surface area contributed by atoms with E-state index in [1.54, 1.807) is 32.4 Å². The van der Waals surface area contributed by atoms with Crippen LogP contribution >= 0.6 is 0 Å². The molecule has 0 unspecified atom stereocenters. The maximum absolute atomic E-state index is 12.4. The van der Waals surface area contributed by atoms with Gasteiger partial charge in [0.2, 0.25) is 0 Å². The highest BCUT2D eigenvalue weighted by Crippen LogP contribution is 2.21. The van der Waals surface area contributed by atoms with Crippen LogP contribution in [0.1, 0.15) is 23.0 Å². The maximum atomic E-state index is 12.4. The standard InChI is InChI=1S/C22H22N4O4/c1-4-30-17-7-5-16(6-8-17)21-23-10-9-20(25-21)22(27)26-24-14-15-11-18(28-2)13-19(12-15)29-3/h5-14H,4H2,1-3H3,(H,26,27). The van der Waals surface area contributed by atoms with E-state index >= 15 is 0 Å². The van der Waals surface area contributed by atoms with Gasteiger partial charge in [-0.2, -0.15) is 5.10 Å². The van der Waals surface area contributed by atoms with E-state index in [9.17, 15) is 4.79 Å². The number of carbonyl (C=O) groups is 1. The number of benzene rings is 2. The van der Waals surface area contributed by atoms with Crippen molar-refractivity contribution in [3.05, 3.63) is 66.0 Å². The summed E-state index contributed by atoms with van der Waals surface area (Å²) in [6.07, 6.45) is 3.03. The van der Waals surface area contributed by atoms with Crippen LogP contribution in [0.2, 0.25) is 0 Å². The molecule has 0 saturated carbocycles. The number of methoxy groups -OCH3 is 2. The second-order valence-electron chi connectivity index (χ2n) is 6.07. The highest BCUT2D eigenvalue weighted by atomic mass is 16.5. The van der Waals surface area contributed by atoms with Gasteiger partial charge in [-0.25, -0.2) is 15.4 Å². The van der Waals surface area contributed by atoms with E-state index in [4.69, 9.17) is 14.2 Å².